The van der Waals surface area contributed by atoms with E-state index in [1.54, 1.807) is 16.0 Å². The number of anilines is 1. The van der Waals surface area contributed by atoms with Gasteiger partial charge in [0.25, 0.3) is 5.91 Å². The van der Waals surface area contributed by atoms with Crippen LogP contribution >= 0.6 is 22.7 Å². The quantitative estimate of drug-likeness (QED) is 0.343. The Balaban J connectivity index is 1.45. The second-order valence-corrected chi connectivity index (χ2v) is 11.6. The zero-order valence-corrected chi connectivity index (χ0v) is 21.5. The van der Waals surface area contributed by atoms with Crippen molar-refractivity contribution in [1.29, 1.82) is 0 Å². The largest absolute Gasteiger partial charge is 0.383 e. The van der Waals surface area contributed by atoms with Crippen LogP contribution in [0.1, 0.15) is 0 Å². The number of hydrogen-bond acceptors (Lipinski definition) is 8. The van der Waals surface area contributed by atoms with Gasteiger partial charge in [0.15, 0.2) is 19.8 Å². The van der Waals surface area contributed by atoms with Gasteiger partial charge in [-0.3, -0.25) is 9.59 Å². The number of hydrogen-bond donors (Lipinski definition) is 1. The van der Waals surface area contributed by atoms with Crippen LogP contribution in [0, 0.1) is 5.82 Å². The van der Waals surface area contributed by atoms with E-state index in [0.717, 1.165) is 28.2 Å². The molecule has 0 aliphatic rings. The normalized spacial score (nSPS) is 12.2. The average Bonchev–Trinajstić information content (AvgIpc) is 3.41. The molecule has 0 atom stereocenters. The van der Waals surface area contributed by atoms with Gasteiger partial charge in [0, 0.05) is 24.6 Å². The summed E-state index contributed by atoms with van der Waals surface area (Å²) in [5.41, 5.74) is 2.16. The number of aromatic nitrogens is 2. The number of carbonyl (C=O) groups excluding carboxylic acids is 2. The summed E-state index contributed by atoms with van der Waals surface area (Å²) in [6.07, 6.45) is 0. The molecule has 2 aromatic carbocycles. The number of rotatable bonds is 9. The Labute approximate surface area is 213 Å². The fourth-order valence-corrected chi connectivity index (χ4v) is 6.19. The molecule has 0 fully saturated rings. The highest BCUT2D eigenvalue weighted by Gasteiger charge is 2.22. The molecule has 2 heterocycles. The fourth-order valence-electron chi connectivity index (χ4n) is 3.34. The number of benzene rings is 2. The average molecular weight is 549 g/mol. The summed E-state index contributed by atoms with van der Waals surface area (Å²) in [5.74, 6) is -4.01. The summed E-state index contributed by atoms with van der Waals surface area (Å²) in [4.78, 5) is 33.3. The van der Waals surface area contributed by atoms with Crippen LogP contribution in [0.15, 0.2) is 58.9 Å². The molecular formula is C23H21FN4O5S3. The molecule has 36 heavy (non-hydrogen) atoms. The molecule has 0 aliphatic heterocycles. The van der Waals surface area contributed by atoms with E-state index in [1.165, 1.54) is 19.2 Å². The summed E-state index contributed by atoms with van der Waals surface area (Å²) in [6, 6.07) is 13.5. The molecule has 0 radical (unpaired) electrons. The summed E-state index contributed by atoms with van der Waals surface area (Å²) >= 11 is 2.22. The van der Waals surface area contributed by atoms with Crippen molar-refractivity contribution in [2.45, 2.75) is 6.54 Å². The predicted octanol–water partition coefficient (Wildman–Crippen LogP) is 3.09. The lowest BCUT2D eigenvalue weighted by Crippen LogP contribution is -2.28. The molecule has 2 aromatic heterocycles. The Morgan fingerprint density at radius 1 is 1.17 bits per heavy atom. The second-order valence-electron chi connectivity index (χ2n) is 7.63. The van der Waals surface area contributed by atoms with Crippen LogP contribution in [-0.4, -0.2) is 55.0 Å². The predicted molar refractivity (Wildman–Crippen MR) is 137 cm³/mol. The lowest BCUT2D eigenvalue weighted by atomic mass is 10.2. The van der Waals surface area contributed by atoms with Gasteiger partial charge in [-0.25, -0.2) is 17.8 Å². The van der Waals surface area contributed by atoms with Crippen LogP contribution in [0.4, 0.5) is 9.52 Å². The van der Waals surface area contributed by atoms with Crippen molar-refractivity contribution in [3.8, 4) is 11.3 Å². The zero-order valence-electron chi connectivity index (χ0n) is 19.0. The first kappa shape index (κ1) is 25.8. The van der Waals surface area contributed by atoms with Gasteiger partial charge in [-0.15, -0.1) is 11.3 Å². The van der Waals surface area contributed by atoms with Crippen LogP contribution in [0.2, 0.25) is 0 Å². The number of nitrogens with one attached hydrogen (secondary N) is 1. The second kappa shape index (κ2) is 11.2. The van der Waals surface area contributed by atoms with Crippen molar-refractivity contribution in [3.05, 3.63) is 64.5 Å². The summed E-state index contributed by atoms with van der Waals surface area (Å²) < 4.78 is 45.9. The van der Waals surface area contributed by atoms with Crippen LogP contribution in [0.5, 0.6) is 0 Å². The van der Waals surface area contributed by atoms with Gasteiger partial charge in [0.1, 0.15) is 17.3 Å². The lowest BCUT2D eigenvalue weighted by molar-refractivity contribution is -0.115. The van der Waals surface area contributed by atoms with Crippen LogP contribution < -0.4 is 10.1 Å². The molecular weight excluding hydrogens is 527 g/mol. The van der Waals surface area contributed by atoms with Crippen LogP contribution in [-0.2, 0) is 30.7 Å². The van der Waals surface area contributed by atoms with E-state index in [2.05, 4.69) is 15.3 Å². The van der Waals surface area contributed by atoms with Crippen molar-refractivity contribution in [3.63, 3.8) is 0 Å². The Hall–Kier alpha value is -3.26. The number of halogens is 1. The van der Waals surface area contributed by atoms with Gasteiger partial charge in [0.2, 0.25) is 5.91 Å². The molecule has 0 aliphatic carbocycles. The number of amides is 2. The molecule has 0 spiro atoms. The van der Waals surface area contributed by atoms with E-state index in [9.17, 15) is 22.4 Å². The maximum absolute atomic E-state index is 13.6. The van der Waals surface area contributed by atoms with Crippen molar-refractivity contribution < 1.29 is 27.1 Å². The van der Waals surface area contributed by atoms with E-state index in [4.69, 9.17) is 4.74 Å². The molecule has 188 valence electrons. The molecule has 13 heteroatoms. The maximum Gasteiger partial charge on any atom is 0.263 e. The van der Waals surface area contributed by atoms with Crippen molar-refractivity contribution in [1.82, 2.24) is 9.55 Å². The highest BCUT2D eigenvalue weighted by Crippen LogP contribution is 2.24. The van der Waals surface area contributed by atoms with E-state index < -0.39 is 39.0 Å². The monoisotopic (exact) mass is 548 g/mol. The van der Waals surface area contributed by atoms with E-state index in [-0.39, 0.29) is 9.93 Å². The standard InChI is InChI=1S/C23H21FN4O5S3/c1-33-10-9-28-18-8-7-16(24)11-19(18)35-23(28)27-21(30)14-36(31,32)13-20(29)26-22-25-17(12-34-22)15-5-3-2-4-6-15/h2-8,11-12H,9-10,13-14H2,1H3,(H,25,26,29). The zero-order chi connectivity index (χ0) is 25.7. The highest BCUT2D eigenvalue weighted by molar-refractivity contribution is 7.92. The van der Waals surface area contributed by atoms with Crippen molar-refractivity contribution in [2.75, 3.05) is 30.5 Å². The molecule has 0 bridgehead atoms. The SMILES string of the molecule is COCCn1c(=NC(=O)CS(=O)(=O)CC(=O)Nc2nc(-c3ccccc3)cs2)sc2cc(F)ccc21. The number of thiazole rings is 2. The van der Waals surface area contributed by atoms with Crippen LogP contribution in [0.25, 0.3) is 21.5 Å². The number of ether oxygens (including phenoxy) is 1. The fraction of sp³-hybridized carbons (Fsp3) is 0.217. The van der Waals surface area contributed by atoms with Crippen molar-refractivity contribution >= 4 is 59.7 Å². The third-order valence-corrected chi connectivity index (χ3v) is 8.09. The third kappa shape index (κ3) is 6.49. The number of carbonyl (C=O) groups is 2. The van der Waals surface area contributed by atoms with Gasteiger partial charge >= 0.3 is 0 Å². The molecule has 0 saturated heterocycles. The number of sulfone groups is 1. The van der Waals surface area contributed by atoms with Gasteiger partial charge < -0.3 is 14.6 Å². The van der Waals surface area contributed by atoms with E-state index in [0.29, 0.717) is 29.1 Å². The minimum Gasteiger partial charge on any atom is -0.383 e. The Morgan fingerprint density at radius 3 is 2.69 bits per heavy atom. The Bertz CT molecular complexity index is 1580. The number of fused-ring (bicyclic) bond motifs is 1. The minimum atomic E-state index is -4.10. The lowest BCUT2D eigenvalue weighted by Gasteiger charge is -2.04. The maximum atomic E-state index is 13.6. The third-order valence-electron chi connectivity index (χ3n) is 4.90. The molecule has 4 aromatic rings. The molecule has 9 nitrogen and oxygen atoms in total. The van der Waals surface area contributed by atoms with Gasteiger partial charge in [-0.05, 0) is 18.2 Å². The van der Waals surface area contributed by atoms with E-state index in [1.807, 2.05) is 30.3 Å². The highest BCUT2D eigenvalue weighted by atomic mass is 32.2. The minimum absolute atomic E-state index is 0.216. The van der Waals surface area contributed by atoms with Gasteiger partial charge in [0.05, 0.1) is 22.5 Å². The van der Waals surface area contributed by atoms with Crippen LogP contribution in [0.3, 0.4) is 0 Å². The summed E-state index contributed by atoms with van der Waals surface area (Å²) in [6.45, 7) is 0.647. The molecule has 0 unspecified atom stereocenters. The first-order valence-electron chi connectivity index (χ1n) is 10.6. The van der Waals surface area contributed by atoms with Gasteiger partial charge in [-0.1, -0.05) is 41.7 Å². The summed E-state index contributed by atoms with van der Waals surface area (Å²) in [5, 5.41) is 4.46. The summed E-state index contributed by atoms with van der Waals surface area (Å²) in [7, 11) is -2.58. The Morgan fingerprint density at radius 2 is 1.94 bits per heavy atom. The van der Waals surface area contributed by atoms with Crippen molar-refractivity contribution in [2.24, 2.45) is 4.99 Å². The first-order chi connectivity index (χ1) is 17.2. The molecule has 4 rings (SSSR count). The Kier molecular flexibility index (Phi) is 8.04. The molecule has 0 saturated carbocycles. The smallest absolute Gasteiger partial charge is 0.263 e. The molecule has 2 amide bonds. The van der Waals surface area contributed by atoms with Gasteiger partial charge in [-0.2, -0.15) is 4.99 Å². The number of methoxy groups -OCH3 is 1. The first-order valence-corrected chi connectivity index (χ1v) is 14.1. The van der Waals surface area contributed by atoms with E-state index >= 15 is 0 Å². The molecule has 1 N–H and O–H groups in total. The topological polar surface area (TPSA) is 120 Å². The number of nitrogens with zero attached hydrogens (tertiary/aromatic N) is 3.